The van der Waals surface area contributed by atoms with Crippen LogP contribution in [0.1, 0.15) is 11.3 Å². The number of ether oxygens (including phenoxy) is 2. The molecule has 0 saturated carbocycles. The molecule has 3 rings (SSSR count). The Labute approximate surface area is 168 Å². The van der Waals surface area contributed by atoms with Crippen molar-refractivity contribution in [3.63, 3.8) is 0 Å². The topological polar surface area (TPSA) is 100 Å². The van der Waals surface area contributed by atoms with E-state index in [9.17, 15) is 13.2 Å². The van der Waals surface area contributed by atoms with E-state index in [-0.39, 0.29) is 16.9 Å². The number of nitrogens with zero attached hydrogens (tertiary/aromatic N) is 4. The molecule has 0 amide bonds. The van der Waals surface area contributed by atoms with E-state index in [2.05, 4.69) is 20.4 Å². The number of rotatable bonds is 6. The van der Waals surface area contributed by atoms with Crippen molar-refractivity contribution in [1.29, 1.82) is 0 Å². The van der Waals surface area contributed by atoms with Gasteiger partial charge in [-0.15, -0.1) is 0 Å². The third-order valence-corrected chi connectivity index (χ3v) is 4.08. The molecule has 0 radical (unpaired) electrons. The van der Waals surface area contributed by atoms with Gasteiger partial charge in [0, 0.05) is 12.6 Å². The Morgan fingerprint density at radius 2 is 1.97 bits per heavy atom. The van der Waals surface area contributed by atoms with Gasteiger partial charge in [-0.25, -0.2) is 4.98 Å². The lowest BCUT2D eigenvalue weighted by Crippen LogP contribution is -2.09. The van der Waals surface area contributed by atoms with Crippen LogP contribution >= 0.6 is 11.6 Å². The predicted molar refractivity (Wildman–Crippen MR) is 100 cm³/mol. The van der Waals surface area contributed by atoms with Gasteiger partial charge in [0.05, 0.1) is 26.1 Å². The van der Waals surface area contributed by atoms with Crippen LogP contribution in [0.2, 0.25) is 5.28 Å². The van der Waals surface area contributed by atoms with Gasteiger partial charge >= 0.3 is 6.18 Å². The molecule has 0 aliphatic rings. The number of methoxy groups -OCH3 is 2. The largest absolute Gasteiger partial charge is 0.494 e. The van der Waals surface area contributed by atoms with Crippen LogP contribution in [0.15, 0.2) is 30.5 Å². The fraction of sp³-hybridized carbons (Fsp3) is 0.235. The van der Waals surface area contributed by atoms with E-state index in [0.29, 0.717) is 23.8 Å². The molecule has 154 valence electrons. The molecule has 0 fully saturated rings. The normalized spacial score (nSPS) is 11.4. The van der Waals surface area contributed by atoms with Crippen LogP contribution in [-0.2, 0) is 12.7 Å². The average Bonchev–Trinajstić information content (AvgIpc) is 3.13. The molecule has 2 heterocycles. The van der Waals surface area contributed by atoms with Crippen molar-refractivity contribution in [2.24, 2.45) is 0 Å². The van der Waals surface area contributed by atoms with Crippen molar-refractivity contribution in [1.82, 2.24) is 19.7 Å². The van der Waals surface area contributed by atoms with Crippen molar-refractivity contribution in [3.05, 3.63) is 47.0 Å². The highest BCUT2D eigenvalue weighted by Gasteiger charge is 2.35. The van der Waals surface area contributed by atoms with E-state index in [1.165, 1.54) is 20.4 Å². The van der Waals surface area contributed by atoms with Gasteiger partial charge in [-0.1, -0.05) is 6.07 Å². The summed E-state index contributed by atoms with van der Waals surface area (Å²) in [5.41, 5.74) is 6.08. The number of nitrogens with one attached hydrogen (secondary N) is 1. The molecule has 0 bridgehead atoms. The summed E-state index contributed by atoms with van der Waals surface area (Å²) >= 11 is 5.76. The number of anilines is 2. The molecule has 0 saturated heterocycles. The molecule has 0 atom stereocenters. The first kappa shape index (κ1) is 20.5. The van der Waals surface area contributed by atoms with Crippen molar-refractivity contribution < 1.29 is 22.6 Å². The highest BCUT2D eigenvalue weighted by molar-refractivity contribution is 6.28. The van der Waals surface area contributed by atoms with Crippen LogP contribution in [-0.4, -0.2) is 34.0 Å². The van der Waals surface area contributed by atoms with Crippen molar-refractivity contribution >= 4 is 23.1 Å². The number of alkyl halides is 3. The molecular formula is C17H16ClF3N6O2. The van der Waals surface area contributed by atoms with Crippen LogP contribution in [0.25, 0.3) is 5.69 Å². The molecule has 29 heavy (non-hydrogen) atoms. The first-order valence-corrected chi connectivity index (χ1v) is 8.51. The standard InChI is InChI=1S/C17H16ClF3N6O2/c1-28-12-5-9(7-23-15-10(22)8-24-16(18)25-15)3-4-11(12)27-14(29-2)6-13(26-27)17(19,20)21/h3-6,8H,7,22H2,1-2H3,(H,23,24,25). The van der Waals surface area contributed by atoms with E-state index in [0.717, 1.165) is 16.3 Å². The summed E-state index contributed by atoms with van der Waals surface area (Å²) in [6.07, 6.45) is -3.22. The smallest absolute Gasteiger partial charge is 0.435 e. The molecular weight excluding hydrogens is 413 g/mol. The van der Waals surface area contributed by atoms with Gasteiger partial charge in [0.25, 0.3) is 0 Å². The zero-order chi connectivity index (χ0) is 21.2. The lowest BCUT2D eigenvalue weighted by Gasteiger charge is -2.13. The second kappa shape index (κ2) is 8.03. The van der Waals surface area contributed by atoms with E-state index >= 15 is 0 Å². The predicted octanol–water partition coefficient (Wildman–Crippen LogP) is 3.55. The minimum Gasteiger partial charge on any atom is -0.494 e. The quantitative estimate of drug-likeness (QED) is 0.579. The third-order valence-electron chi connectivity index (χ3n) is 3.90. The third kappa shape index (κ3) is 4.45. The number of halogens is 4. The monoisotopic (exact) mass is 428 g/mol. The van der Waals surface area contributed by atoms with Gasteiger partial charge in [-0.05, 0) is 29.3 Å². The van der Waals surface area contributed by atoms with Gasteiger partial charge in [0.1, 0.15) is 11.4 Å². The Bertz CT molecular complexity index is 1020. The maximum atomic E-state index is 13.0. The number of nitrogens with two attached hydrogens (primary N) is 1. The summed E-state index contributed by atoms with van der Waals surface area (Å²) in [6, 6.07) is 5.73. The fourth-order valence-electron chi connectivity index (χ4n) is 2.52. The Morgan fingerprint density at radius 3 is 2.62 bits per heavy atom. The minimum atomic E-state index is -4.60. The summed E-state index contributed by atoms with van der Waals surface area (Å²) in [7, 11) is 2.66. The Morgan fingerprint density at radius 1 is 1.21 bits per heavy atom. The zero-order valence-corrected chi connectivity index (χ0v) is 16.0. The summed E-state index contributed by atoms with van der Waals surface area (Å²) in [5, 5.41) is 6.66. The van der Waals surface area contributed by atoms with E-state index in [1.54, 1.807) is 18.2 Å². The molecule has 2 aromatic heterocycles. The van der Waals surface area contributed by atoms with Gasteiger partial charge < -0.3 is 20.5 Å². The average molecular weight is 429 g/mol. The first-order chi connectivity index (χ1) is 13.7. The lowest BCUT2D eigenvalue weighted by atomic mass is 10.2. The number of hydrogen-bond acceptors (Lipinski definition) is 7. The molecule has 0 aliphatic heterocycles. The Kier molecular flexibility index (Phi) is 5.69. The number of benzene rings is 1. The van der Waals surface area contributed by atoms with E-state index < -0.39 is 11.9 Å². The number of hydrogen-bond donors (Lipinski definition) is 2. The lowest BCUT2D eigenvalue weighted by molar-refractivity contribution is -0.141. The zero-order valence-electron chi connectivity index (χ0n) is 15.3. The van der Waals surface area contributed by atoms with Crippen molar-refractivity contribution in [2.75, 3.05) is 25.3 Å². The SMILES string of the molecule is COc1cc(CNc2nc(Cl)ncc2N)ccc1-n1nc(C(F)(F)F)cc1OC. The van der Waals surface area contributed by atoms with Crippen molar-refractivity contribution in [3.8, 4) is 17.3 Å². The van der Waals surface area contributed by atoms with Crippen LogP contribution in [0.4, 0.5) is 24.7 Å². The fourth-order valence-corrected chi connectivity index (χ4v) is 2.66. The molecule has 1 aromatic carbocycles. The molecule has 0 unspecified atom stereocenters. The Balaban J connectivity index is 1.90. The summed E-state index contributed by atoms with van der Waals surface area (Å²) in [5.74, 6) is 0.578. The van der Waals surface area contributed by atoms with E-state index in [4.69, 9.17) is 26.8 Å². The van der Waals surface area contributed by atoms with Crippen LogP contribution in [0.3, 0.4) is 0 Å². The molecule has 0 spiro atoms. The van der Waals surface area contributed by atoms with Crippen LogP contribution in [0, 0.1) is 0 Å². The number of aromatic nitrogens is 4. The second-order valence-corrected chi connectivity index (χ2v) is 6.12. The molecule has 3 aromatic rings. The minimum absolute atomic E-state index is 0.0425. The molecule has 12 heteroatoms. The van der Waals surface area contributed by atoms with Gasteiger partial charge in [0.2, 0.25) is 11.2 Å². The van der Waals surface area contributed by atoms with Crippen LogP contribution in [0.5, 0.6) is 11.6 Å². The molecule has 8 nitrogen and oxygen atoms in total. The highest BCUT2D eigenvalue weighted by Crippen LogP contribution is 2.34. The van der Waals surface area contributed by atoms with Gasteiger partial charge in [-0.2, -0.15) is 27.9 Å². The molecule has 3 N–H and O–H groups in total. The van der Waals surface area contributed by atoms with Gasteiger partial charge in [0.15, 0.2) is 11.5 Å². The maximum absolute atomic E-state index is 13.0. The van der Waals surface area contributed by atoms with Crippen molar-refractivity contribution in [2.45, 2.75) is 12.7 Å². The molecule has 0 aliphatic carbocycles. The second-order valence-electron chi connectivity index (χ2n) is 5.78. The number of nitrogen functional groups attached to an aromatic ring is 1. The summed E-state index contributed by atoms with van der Waals surface area (Å²) < 4.78 is 50.4. The summed E-state index contributed by atoms with van der Waals surface area (Å²) in [6.45, 7) is 0.304. The first-order valence-electron chi connectivity index (χ1n) is 8.13. The Hall–Kier alpha value is -3.21. The van der Waals surface area contributed by atoms with E-state index in [1.807, 2.05) is 0 Å². The summed E-state index contributed by atoms with van der Waals surface area (Å²) in [4.78, 5) is 7.76. The van der Waals surface area contributed by atoms with Crippen LogP contribution < -0.4 is 20.5 Å². The maximum Gasteiger partial charge on any atom is 0.435 e. The van der Waals surface area contributed by atoms with Gasteiger partial charge in [-0.3, -0.25) is 0 Å². The highest BCUT2D eigenvalue weighted by atomic mass is 35.5.